The summed E-state index contributed by atoms with van der Waals surface area (Å²) in [4.78, 5) is 4.42. The fraction of sp³-hybridized carbons (Fsp3) is 0.467. The highest BCUT2D eigenvalue weighted by Gasteiger charge is 2.24. The van der Waals surface area contributed by atoms with Crippen LogP contribution in [0.4, 0.5) is 0 Å². The van der Waals surface area contributed by atoms with E-state index in [4.69, 9.17) is 9.26 Å². The minimum absolute atomic E-state index is 0.178. The summed E-state index contributed by atoms with van der Waals surface area (Å²) in [6.45, 7) is 3.59. The molecule has 3 rings (SSSR count). The zero-order chi connectivity index (χ0) is 13.8. The maximum absolute atomic E-state index is 5.61. The molecule has 1 fully saturated rings. The quantitative estimate of drug-likeness (QED) is 0.928. The van der Waals surface area contributed by atoms with Crippen molar-refractivity contribution in [1.82, 2.24) is 15.5 Å². The van der Waals surface area contributed by atoms with Crippen molar-refractivity contribution in [2.45, 2.75) is 32.4 Å². The summed E-state index contributed by atoms with van der Waals surface area (Å²) in [5.41, 5.74) is 0. The molecule has 0 aliphatic carbocycles. The van der Waals surface area contributed by atoms with Crippen molar-refractivity contribution in [2.24, 2.45) is 5.92 Å². The van der Waals surface area contributed by atoms with Gasteiger partial charge in [0, 0.05) is 0 Å². The van der Waals surface area contributed by atoms with Crippen LogP contribution in [0, 0.1) is 5.92 Å². The number of hydrogen-bond donors (Lipinski definition) is 1. The van der Waals surface area contributed by atoms with E-state index in [0.29, 0.717) is 24.2 Å². The Hall–Kier alpha value is -1.88. The number of nitrogens with one attached hydrogen (secondary N) is 1. The third-order valence-electron chi connectivity index (χ3n) is 3.56. The van der Waals surface area contributed by atoms with Gasteiger partial charge in [0.1, 0.15) is 5.75 Å². The molecule has 1 N–H and O–H groups in total. The van der Waals surface area contributed by atoms with Crippen LogP contribution in [-0.2, 0) is 6.61 Å². The van der Waals surface area contributed by atoms with E-state index >= 15 is 0 Å². The van der Waals surface area contributed by atoms with Crippen LogP contribution in [0.25, 0.3) is 0 Å². The number of piperidine rings is 1. The molecule has 0 spiro atoms. The molecule has 20 heavy (non-hydrogen) atoms. The summed E-state index contributed by atoms with van der Waals surface area (Å²) < 4.78 is 10.9. The lowest BCUT2D eigenvalue weighted by molar-refractivity contribution is 0.255. The van der Waals surface area contributed by atoms with Gasteiger partial charge in [0.25, 0.3) is 0 Å². The number of para-hydroxylation sites is 1. The fourth-order valence-electron chi connectivity index (χ4n) is 2.43. The molecule has 0 saturated carbocycles. The van der Waals surface area contributed by atoms with Crippen LogP contribution in [0.5, 0.6) is 5.75 Å². The van der Waals surface area contributed by atoms with E-state index in [1.165, 1.54) is 6.42 Å². The lowest BCUT2D eigenvalue weighted by atomic mass is 9.94. The molecule has 0 bridgehead atoms. The summed E-state index contributed by atoms with van der Waals surface area (Å²) in [5, 5.41) is 7.40. The van der Waals surface area contributed by atoms with Gasteiger partial charge in [-0.15, -0.1) is 0 Å². The Kier molecular flexibility index (Phi) is 3.97. The van der Waals surface area contributed by atoms with Gasteiger partial charge in [0.05, 0.1) is 6.04 Å². The van der Waals surface area contributed by atoms with Crippen molar-refractivity contribution in [1.29, 1.82) is 0 Å². The van der Waals surface area contributed by atoms with Gasteiger partial charge < -0.3 is 14.6 Å². The second-order valence-corrected chi connectivity index (χ2v) is 5.29. The molecule has 1 aliphatic rings. The van der Waals surface area contributed by atoms with Gasteiger partial charge in [0.15, 0.2) is 6.61 Å². The van der Waals surface area contributed by atoms with Crippen LogP contribution >= 0.6 is 0 Å². The molecular weight excluding hydrogens is 254 g/mol. The van der Waals surface area contributed by atoms with Crippen LogP contribution < -0.4 is 10.1 Å². The smallest absolute Gasteiger partial charge is 0.243 e. The molecule has 1 aromatic carbocycles. The summed E-state index contributed by atoms with van der Waals surface area (Å²) >= 11 is 0. The highest BCUT2D eigenvalue weighted by molar-refractivity contribution is 5.20. The Morgan fingerprint density at radius 2 is 2.20 bits per heavy atom. The Bertz CT molecular complexity index is 541. The van der Waals surface area contributed by atoms with E-state index in [9.17, 15) is 0 Å². The van der Waals surface area contributed by atoms with Crippen LogP contribution in [-0.4, -0.2) is 16.7 Å². The first-order chi connectivity index (χ1) is 9.81. The minimum atomic E-state index is 0.178. The predicted molar refractivity (Wildman–Crippen MR) is 74.2 cm³/mol. The van der Waals surface area contributed by atoms with E-state index in [-0.39, 0.29) is 6.04 Å². The van der Waals surface area contributed by atoms with Gasteiger partial charge in [-0.1, -0.05) is 30.3 Å². The predicted octanol–water partition coefficient (Wildman–Crippen LogP) is 2.71. The third-order valence-corrected chi connectivity index (χ3v) is 3.56. The lowest BCUT2D eigenvalue weighted by Crippen LogP contribution is -2.30. The van der Waals surface area contributed by atoms with Gasteiger partial charge in [-0.05, 0) is 37.4 Å². The van der Waals surface area contributed by atoms with Crippen molar-refractivity contribution in [3.63, 3.8) is 0 Å². The van der Waals surface area contributed by atoms with E-state index in [1.54, 1.807) is 0 Å². The fourth-order valence-corrected chi connectivity index (χ4v) is 2.43. The molecule has 2 aromatic rings. The van der Waals surface area contributed by atoms with Gasteiger partial charge in [0.2, 0.25) is 11.7 Å². The number of aromatic nitrogens is 2. The highest BCUT2D eigenvalue weighted by Crippen LogP contribution is 2.25. The largest absolute Gasteiger partial charge is 0.485 e. The van der Waals surface area contributed by atoms with Crippen molar-refractivity contribution in [3.05, 3.63) is 42.0 Å². The number of nitrogens with zero attached hydrogens (tertiary/aromatic N) is 2. The van der Waals surface area contributed by atoms with Gasteiger partial charge in [-0.3, -0.25) is 0 Å². The Morgan fingerprint density at radius 3 is 3.00 bits per heavy atom. The zero-order valence-electron chi connectivity index (χ0n) is 11.6. The standard InChI is InChI=1S/C15H19N3O2/c1-11-7-8-16-13(9-11)15-17-14(18-20-15)10-19-12-5-3-2-4-6-12/h2-6,11,13,16H,7-10H2,1H3. The molecule has 5 heteroatoms. The van der Waals surface area contributed by atoms with E-state index in [2.05, 4.69) is 22.4 Å². The Morgan fingerprint density at radius 1 is 1.35 bits per heavy atom. The average Bonchev–Trinajstić information content (AvgIpc) is 2.95. The minimum Gasteiger partial charge on any atom is -0.485 e. The van der Waals surface area contributed by atoms with Crippen molar-refractivity contribution < 1.29 is 9.26 Å². The molecule has 2 unspecified atom stereocenters. The molecule has 0 radical (unpaired) electrons. The van der Waals surface area contributed by atoms with E-state index in [0.717, 1.165) is 18.7 Å². The summed E-state index contributed by atoms with van der Waals surface area (Å²) in [6, 6.07) is 9.82. The maximum Gasteiger partial charge on any atom is 0.243 e. The van der Waals surface area contributed by atoms with Gasteiger partial charge in [-0.2, -0.15) is 4.98 Å². The van der Waals surface area contributed by atoms with Crippen molar-refractivity contribution in [2.75, 3.05) is 6.54 Å². The molecule has 106 valence electrons. The second kappa shape index (κ2) is 6.05. The second-order valence-electron chi connectivity index (χ2n) is 5.29. The lowest BCUT2D eigenvalue weighted by Gasteiger charge is -2.25. The molecule has 2 heterocycles. The zero-order valence-corrected chi connectivity index (χ0v) is 11.6. The van der Waals surface area contributed by atoms with Gasteiger partial charge >= 0.3 is 0 Å². The molecular formula is C15H19N3O2. The van der Waals surface area contributed by atoms with Crippen LogP contribution in [0.1, 0.15) is 37.5 Å². The number of ether oxygens (including phenoxy) is 1. The molecule has 1 aliphatic heterocycles. The average molecular weight is 273 g/mol. The molecule has 1 aromatic heterocycles. The molecule has 1 saturated heterocycles. The van der Waals surface area contributed by atoms with Gasteiger partial charge in [-0.25, -0.2) is 0 Å². The SMILES string of the molecule is CC1CCNC(c2nc(COc3ccccc3)no2)C1. The normalized spacial score (nSPS) is 22.6. The first-order valence-electron chi connectivity index (χ1n) is 7.05. The maximum atomic E-state index is 5.61. The van der Waals surface area contributed by atoms with Crippen LogP contribution in [0.15, 0.2) is 34.9 Å². The van der Waals surface area contributed by atoms with Crippen molar-refractivity contribution >= 4 is 0 Å². The van der Waals surface area contributed by atoms with Crippen LogP contribution in [0.2, 0.25) is 0 Å². The number of rotatable bonds is 4. The summed E-state index contributed by atoms with van der Waals surface area (Å²) in [7, 11) is 0. The Balaban J connectivity index is 1.59. The summed E-state index contributed by atoms with van der Waals surface area (Å²) in [5.74, 6) is 2.76. The molecule has 0 amide bonds. The molecule has 2 atom stereocenters. The van der Waals surface area contributed by atoms with E-state index < -0.39 is 0 Å². The van der Waals surface area contributed by atoms with E-state index in [1.807, 2.05) is 30.3 Å². The highest BCUT2D eigenvalue weighted by atomic mass is 16.5. The number of benzene rings is 1. The first kappa shape index (κ1) is 13.1. The van der Waals surface area contributed by atoms with Crippen molar-refractivity contribution in [3.8, 4) is 5.75 Å². The first-order valence-corrected chi connectivity index (χ1v) is 7.05. The summed E-state index contributed by atoms with van der Waals surface area (Å²) in [6.07, 6.45) is 2.25. The van der Waals surface area contributed by atoms with Crippen LogP contribution in [0.3, 0.4) is 0 Å². The number of hydrogen-bond acceptors (Lipinski definition) is 5. The Labute approximate surface area is 118 Å². The monoisotopic (exact) mass is 273 g/mol. The third kappa shape index (κ3) is 3.17. The molecule has 5 nitrogen and oxygen atoms in total. The topological polar surface area (TPSA) is 60.2 Å².